The fourth-order valence-corrected chi connectivity index (χ4v) is 1.58. The third-order valence-corrected chi connectivity index (χ3v) is 2.53. The maximum absolute atomic E-state index is 11.7. The molecular formula is C14H14O3. The van der Waals surface area contributed by atoms with Crippen LogP contribution in [0.4, 0.5) is 0 Å². The lowest BCUT2D eigenvalue weighted by atomic mass is 10.2. The van der Waals surface area contributed by atoms with E-state index in [-0.39, 0.29) is 6.61 Å². The van der Waals surface area contributed by atoms with Gasteiger partial charge in [0.2, 0.25) is 5.76 Å². The van der Waals surface area contributed by atoms with Crippen molar-refractivity contribution in [2.24, 2.45) is 0 Å². The number of ether oxygens (including phenoxy) is 1. The van der Waals surface area contributed by atoms with E-state index in [1.807, 2.05) is 37.3 Å². The molecule has 2 aromatic rings. The van der Waals surface area contributed by atoms with Gasteiger partial charge in [-0.2, -0.15) is 0 Å². The Morgan fingerprint density at radius 1 is 1.24 bits per heavy atom. The SMILES string of the molecule is CCc1ccoc1C(=O)OCc1ccccc1. The number of benzene rings is 1. The molecule has 0 N–H and O–H groups in total. The monoisotopic (exact) mass is 230 g/mol. The Kier molecular flexibility index (Phi) is 3.60. The molecule has 0 aliphatic rings. The van der Waals surface area contributed by atoms with Gasteiger partial charge in [-0.1, -0.05) is 37.3 Å². The highest BCUT2D eigenvalue weighted by Gasteiger charge is 2.15. The number of hydrogen-bond acceptors (Lipinski definition) is 3. The average Bonchev–Trinajstić information content (AvgIpc) is 2.85. The van der Waals surface area contributed by atoms with Crippen molar-refractivity contribution in [3.8, 4) is 0 Å². The number of carbonyl (C=O) groups is 1. The maximum Gasteiger partial charge on any atom is 0.374 e. The lowest BCUT2D eigenvalue weighted by Gasteiger charge is -2.03. The number of rotatable bonds is 4. The van der Waals surface area contributed by atoms with Crippen LogP contribution in [-0.4, -0.2) is 5.97 Å². The second-order valence-corrected chi connectivity index (χ2v) is 3.69. The third kappa shape index (κ3) is 2.75. The van der Waals surface area contributed by atoms with Crippen molar-refractivity contribution < 1.29 is 13.9 Å². The van der Waals surface area contributed by atoms with E-state index in [1.54, 1.807) is 6.07 Å². The van der Waals surface area contributed by atoms with Crippen LogP contribution in [0.2, 0.25) is 0 Å². The molecule has 0 saturated heterocycles. The molecule has 0 saturated carbocycles. The Labute approximate surface area is 100 Å². The van der Waals surface area contributed by atoms with Crippen molar-refractivity contribution in [2.75, 3.05) is 0 Å². The molecule has 0 fully saturated rings. The zero-order chi connectivity index (χ0) is 12.1. The van der Waals surface area contributed by atoms with Crippen molar-refractivity contribution in [2.45, 2.75) is 20.0 Å². The van der Waals surface area contributed by atoms with E-state index in [4.69, 9.17) is 9.15 Å². The van der Waals surface area contributed by atoms with Gasteiger partial charge in [0.15, 0.2) is 0 Å². The molecular weight excluding hydrogens is 216 g/mol. The summed E-state index contributed by atoms with van der Waals surface area (Å²) < 4.78 is 10.3. The first-order valence-electron chi connectivity index (χ1n) is 5.58. The van der Waals surface area contributed by atoms with Crippen LogP contribution in [0.3, 0.4) is 0 Å². The standard InChI is InChI=1S/C14H14O3/c1-2-12-8-9-16-13(12)14(15)17-10-11-6-4-3-5-7-11/h3-9H,2,10H2,1H3. The molecule has 88 valence electrons. The zero-order valence-electron chi connectivity index (χ0n) is 9.68. The molecule has 0 unspecified atom stereocenters. The van der Waals surface area contributed by atoms with Gasteiger partial charge >= 0.3 is 5.97 Å². The summed E-state index contributed by atoms with van der Waals surface area (Å²) >= 11 is 0. The van der Waals surface area contributed by atoms with Crippen LogP contribution in [0, 0.1) is 0 Å². The number of furan rings is 1. The fraction of sp³-hybridized carbons (Fsp3) is 0.214. The summed E-state index contributed by atoms with van der Waals surface area (Å²) in [5.74, 6) is -0.0980. The van der Waals surface area contributed by atoms with Crippen molar-refractivity contribution >= 4 is 5.97 Å². The largest absolute Gasteiger partial charge is 0.457 e. The molecule has 0 aliphatic heterocycles. The Bertz CT molecular complexity index is 485. The lowest BCUT2D eigenvalue weighted by molar-refractivity contribution is 0.0434. The third-order valence-electron chi connectivity index (χ3n) is 2.53. The molecule has 2 rings (SSSR count). The first-order chi connectivity index (χ1) is 8.31. The molecule has 17 heavy (non-hydrogen) atoms. The summed E-state index contributed by atoms with van der Waals surface area (Å²) in [4.78, 5) is 11.7. The zero-order valence-corrected chi connectivity index (χ0v) is 9.68. The van der Waals surface area contributed by atoms with Crippen LogP contribution in [0.5, 0.6) is 0 Å². The molecule has 1 aromatic heterocycles. The Hall–Kier alpha value is -2.03. The minimum Gasteiger partial charge on any atom is -0.457 e. The molecule has 0 amide bonds. The van der Waals surface area contributed by atoms with Gasteiger partial charge in [0.1, 0.15) is 6.61 Å². The molecule has 0 spiro atoms. The topological polar surface area (TPSA) is 39.4 Å². The highest BCUT2D eigenvalue weighted by atomic mass is 16.5. The number of aryl methyl sites for hydroxylation is 1. The van der Waals surface area contributed by atoms with E-state index in [9.17, 15) is 4.79 Å². The highest BCUT2D eigenvalue weighted by Crippen LogP contribution is 2.13. The van der Waals surface area contributed by atoms with Crippen LogP contribution in [0.15, 0.2) is 47.1 Å². The van der Waals surface area contributed by atoms with Gasteiger partial charge in [-0.05, 0) is 18.1 Å². The van der Waals surface area contributed by atoms with E-state index < -0.39 is 5.97 Å². The molecule has 0 aliphatic carbocycles. The molecule has 3 heteroatoms. The van der Waals surface area contributed by atoms with Gasteiger partial charge in [-0.3, -0.25) is 0 Å². The molecule has 3 nitrogen and oxygen atoms in total. The summed E-state index contributed by atoms with van der Waals surface area (Å²) in [6, 6.07) is 11.4. The van der Waals surface area contributed by atoms with E-state index in [0.717, 1.165) is 17.5 Å². The fourth-order valence-electron chi connectivity index (χ4n) is 1.58. The van der Waals surface area contributed by atoms with Crippen LogP contribution in [0.25, 0.3) is 0 Å². The first kappa shape index (κ1) is 11.5. The van der Waals surface area contributed by atoms with Crippen molar-refractivity contribution in [3.05, 3.63) is 59.5 Å². The van der Waals surface area contributed by atoms with Crippen molar-refractivity contribution in [1.82, 2.24) is 0 Å². The van der Waals surface area contributed by atoms with Crippen LogP contribution in [0.1, 0.15) is 28.6 Å². The maximum atomic E-state index is 11.7. The molecule has 0 atom stereocenters. The smallest absolute Gasteiger partial charge is 0.374 e. The second-order valence-electron chi connectivity index (χ2n) is 3.69. The van der Waals surface area contributed by atoms with Gasteiger partial charge in [0.05, 0.1) is 6.26 Å². The van der Waals surface area contributed by atoms with Crippen LogP contribution < -0.4 is 0 Å². The number of hydrogen-bond donors (Lipinski definition) is 0. The van der Waals surface area contributed by atoms with Crippen LogP contribution >= 0.6 is 0 Å². The second kappa shape index (κ2) is 5.34. The Balaban J connectivity index is 1.98. The summed E-state index contributed by atoms with van der Waals surface area (Å²) in [6.07, 6.45) is 2.27. The van der Waals surface area contributed by atoms with Gasteiger partial charge in [0, 0.05) is 5.56 Å². The van der Waals surface area contributed by atoms with Crippen molar-refractivity contribution in [1.29, 1.82) is 0 Å². The van der Waals surface area contributed by atoms with E-state index in [1.165, 1.54) is 6.26 Å². The summed E-state index contributed by atoms with van der Waals surface area (Å²) in [6.45, 7) is 2.24. The normalized spacial score (nSPS) is 10.2. The predicted octanol–water partition coefficient (Wildman–Crippen LogP) is 3.20. The predicted molar refractivity (Wildman–Crippen MR) is 63.6 cm³/mol. The molecule has 0 bridgehead atoms. The number of esters is 1. The highest BCUT2D eigenvalue weighted by molar-refractivity contribution is 5.87. The summed E-state index contributed by atoms with van der Waals surface area (Å²) in [5.41, 5.74) is 1.84. The van der Waals surface area contributed by atoms with Crippen LogP contribution in [-0.2, 0) is 17.8 Å². The molecule has 0 radical (unpaired) electrons. The van der Waals surface area contributed by atoms with E-state index in [2.05, 4.69) is 0 Å². The lowest BCUT2D eigenvalue weighted by Crippen LogP contribution is -2.06. The van der Waals surface area contributed by atoms with E-state index >= 15 is 0 Å². The number of carbonyl (C=O) groups excluding carboxylic acids is 1. The van der Waals surface area contributed by atoms with Gasteiger partial charge < -0.3 is 9.15 Å². The minimum absolute atomic E-state index is 0.267. The minimum atomic E-state index is -0.407. The quantitative estimate of drug-likeness (QED) is 0.757. The van der Waals surface area contributed by atoms with Gasteiger partial charge in [0.25, 0.3) is 0 Å². The van der Waals surface area contributed by atoms with E-state index in [0.29, 0.717) is 5.76 Å². The Morgan fingerprint density at radius 2 is 2.00 bits per heavy atom. The van der Waals surface area contributed by atoms with Gasteiger partial charge in [-0.25, -0.2) is 4.79 Å². The first-order valence-corrected chi connectivity index (χ1v) is 5.58. The summed E-state index contributed by atoms with van der Waals surface area (Å²) in [7, 11) is 0. The van der Waals surface area contributed by atoms with Gasteiger partial charge in [-0.15, -0.1) is 0 Å². The average molecular weight is 230 g/mol. The molecule has 1 heterocycles. The summed E-state index contributed by atoms with van der Waals surface area (Å²) in [5, 5.41) is 0. The van der Waals surface area contributed by atoms with Crippen molar-refractivity contribution in [3.63, 3.8) is 0 Å². The molecule has 1 aromatic carbocycles. The Morgan fingerprint density at radius 3 is 2.71 bits per heavy atom.